The van der Waals surface area contributed by atoms with Crippen LogP contribution < -0.4 is 0 Å². The van der Waals surface area contributed by atoms with E-state index in [0.717, 1.165) is 0 Å². The van der Waals surface area contributed by atoms with Gasteiger partial charge in [0, 0.05) is 18.3 Å². The largest absolute Gasteiger partial charge is 0.456 e. The molecule has 7 nitrogen and oxygen atoms in total. The summed E-state index contributed by atoms with van der Waals surface area (Å²) in [6.07, 6.45) is 1.46. The third-order valence-corrected chi connectivity index (χ3v) is 3.41. The van der Waals surface area contributed by atoms with Crippen molar-refractivity contribution in [3.8, 4) is 5.69 Å². The Hall–Kier alpha value is -3.55. The van der Waals surface area contributed by atoms with E-state index in [4.69, 9.17) is 4.74 Å². The van der Waals surface area contributed by atoms with Gasteiger partial charge in [-0.3, -0.25) is 10.1 Å². The molecule has 1 aromatic heterocycles. The first-order valence-electron chi connectivity index (χ1n) is 7.25. The Balaban J connectivity index is 1.66. The zero-order valence-corrected chi connectivity index (χ0v) is 12.8. The van der Waals surface area contributed by atoms with Gasteiger partial charge in [0.05, 0.1) is 4.92 Å². The van der Waals surface area contributed by atoms with E-state index in [1.54, 1.807) is 12.1 Å². The van der Waals surface area contributed by atoms with Crippen LogP contribution in [0.1, 0.15) is 16.1 Å². The summed E-state index contributed by atoms with van der Waals surface area (Å²) >= 11 is 0. The fourth-order valence-electron chi connectivity index (χ4n) is 2.14. The van der Waals surface area contributed by atoms with Crippen LogP contribution in [0.15, 0.2) is 60.8 Å². The Kier molecular flexibility index (Phi) is 4.51. The quantitative estimate of drug-likeness (QED) is 0.404. The van der Waals surface area contributed by atoms with Crippen LogP contribution in [0.5, 0.6) is 0 Å². The van der Waals surface area contributed by atoms with E-state index in [2.05, 4.69) is 5.10 Å². The van der Waals surface area contributed by atoms with Crippen LogP contribution in [0.25, 0.3) is 5.69 Å². The number of benzene rings is 2. The predicted molar refractivity (Wildman–Crippen MR) is 85.7 cm³/mol. The zero-order valence-electron chi connectivity index (χ0n) is 12.8. The number of halogens is 1. The van der Waals surface area contributed by atoms with Crippen LogP contribution in [0.4, 0.5) is 10.1 Å². The van der Waals surface area contributed by atoms with Crippen LogP contribution in [-0.4, -0.2) is 20.7 Å². The number of ether oxygens (including phenoxy) is 1. The number of hydrogen-bond donors (Lipinski definition) is 0. The molecule has 0 N–H and O–H groups in total. The SMILES string of the molecule is O=C(OCc1ccc([N+](=O)[O-])cc1)c1ccn(-c2ccccc2F)n1. The average molecular weight is 341 g/mol. The van der Waals surface area contributed by atoms with Gasteiger partial charge in [-0.25, -0.2) is 13.9 Å². The van der Waals surface area contributed by atoms with Gasteiger partial charge in [-0.1, -0.05) is 12.1 Å². The topological polar surface area (TPSA) is 87.3 Å². The first-order chi connectivity index (χ1) is 12.0. The molecule has 0 spiro atoms. The number of rotatable bonds is 5. The summed E-state index contributed by atoms with van der Waals surface area (Å²) in [6.45, 7) is -0.0522. The highest BCUT2D eigenvalue weighted by Gasteiger charge is 2.14. The maximum Gasteiger partial charge on any atom is 0.359 e. The highest BCUT2D eigenvalue weighted by molar-refractivity contribution is 5.87. The fraction of sp³-hybridized carbons (Fsp3) is 0.0588. The lowest BCUT2D eigenvalue weighted by atomic mass is 10.2. The van der Waals surface area contributed by atoms with E-state index in [1.165, 1.54) is 53.3 Å². The van der Waals surface area contributed by atoms with Crippen LogP contribution in [0, 0.1) is 15.9 Å². The molecule has 0 unspecified atom stereocenters. The van der Waals surface area contributed by atoms with Crippen molar-refractivity contribution in [2.75, 3.05) is 0 Å². The van der Waals surface area contributed by atoms with Crippen molar-refractivity contribution >= 4 is 11.7 Å². The van der Waals surface area contributed by atoms with Crippen LogP contribution in [-0.2, 0) is 11.3 Å². The van der Waals surface area contributed by atoms with E-state index in [1.807, 2.05) is 0 Å². The van der Waals surface area contributed by atoms with Crippen molar-refractivity contribution in [2.45, 2.75) is 6.61 Å². The number of carbonyl (C=O) groups excluding carboxylic acids is 1. The Labute approximate surface area is 141 Å². The number of nitro benzene ring substituents is 1. The molecule has 0 amide bonds. The molecule has 0 saturated carbocycles. The molecular weight excluding hydrogens is 329 g/mol. The zero-order chi connectivity index (χ0) is 17.8. The molecule has 0 saturated heterocycles. The minimum atomic E-state index is -0.673. The van der Waals surface area contributed by atoms with Gasteiger partial charge < -0.3 is 4.74 Å². The summed E-state index contributed by atoms with van der Waals surface area (Å²) in [5.74, 6) is -1.13. The molecule has 25 heavy (non-hydrogen) atoms. The third-order valence-electron chi connectivity index (χ3n) is 3.41. The second-order valence-electron chi connectivity index (χ2n) is 5.10. The number of non-ortho nitro benzene ring substituents is 1. The molecule has 8 heteroatoms. The Morgan fingerprint density at radius 3 is 2.56 bits per heavy atom. The molecule has 1 heterocycles. The Morgan fingerprint density at radius 2 is 1.88 bits per heavy atom. The minimum absolute atomic E-state index is 0.0326. The van der Waals surface area contributed by atoms with Crippen molar-refractivity contribution in [3.05, 3.63) is 88.0 Å². The van der Waals surface area contributed by atoms with Crippen LogP contribution in [0.2, 0.25) is 0 Å². The van der Waals surface area contributed by atoms with Gasteiger partial charge in [0.15, 0.2) is 5.69 Å². The standard InChI is InChI=1S/C17H12FN3O4/c18-14-3-1-2-4-16(14)20-10-9-15(19-20)17(22)25-11-12-5-7-13(8-6-12)21(23)24/h1-10H,11H2. The third kappa shape index (κ3) is 3.69. The number of carbonyl (C=O) groups is 1. The molecule has 0 radical (unpaired) electrons. The molecule has 0 aliphatic heterocycles. The van der Waals surface area contributed by atoms with Crippen molar-refractivity contribution in [2.24, 2.45) is 0 Å². The molecule has 3 aromatic rings. The maximum atomic E-state index is 13.7. The molecule has 0 atom stereocenters. The molecule has 126 valence electrons. The van der Waals surface area contributed by atoms with Crippen LogP contribution >= 0.6 is 0 Å². The Morgan fingerprint density at radius 1 is 1.16 bits per heavy atom. The second-order valence-corrected chi connectivity index (χ2v) is 5.10. The van der Waals surface area contributed by atoms with E-state index in [9.17, 15) is 19.3 Å². The van der Waals surface area contributed by atoms with Gasteiger partial charge in [0.2, 0.25) is 0 Å². The summed E-state index contributed by atoms with van der Waals surface area (Å²) in [4.78, 5) is 22.1. The molecule has 3 rings (SSSR count). The van der Waals surface area contributed by atoms with Gasteiger partial charge in [-0.2, -0.15) is 5.10 Å². The summed E-state index contributed by atoms with van der Waals surface area (Å²) in [5.41, 5.74) is 0.813. The smallest absolute Gasteiger partial charge is 0.359 e. The van der Waals surface area contributed by atoms with Crippen molar-refractivity contribution in [1.29, 1.82) is 0 Å². The number of hydrogen-bond acceptors (Lipinski definition) is 5. The summed E-state index contributed by atoms with van der Waals surface area (Å²) in [6, 6.07) is 13.1. The molecular formula is C17H12FN3O4. The van der Waals surface area contributed by atoms with E-state index in [-0.39, 0.29) is 23.7 Å². The monoisotopic (exact) mass is 341 g/mol. The number of nitro groups is 1. The fourth-order valence-corrected chi connectivity index (χ4v) is 2.14. The van der Waals surface area contributed by atoms with Crippen molar-refractivity contribution < 1.29 is 18.8 Å². The summed E-state index contributed by atoms with van der Waals surface area (Å²) < 4.78 is 20.1. The number of nitrogens with zero attached hydrogens (tertiary/aromatic N) is 3. The predicted octanol–water partition coefficient (Wildman–Crippen LogP) is 3.28. The van der Waals surface area contributed by atoms with Gasteiger partial charge in [-0.15, -0.1) is 0 Å². The van der Waals surface area contributed by atoms with Crippen molar-refractivity contribution in [1.82, 2.24) is 9.78 Å². The summed E-state index contributed by atoms with van der Waals surface area (Å²) in [7, 11) is 0. The van der Waals surface area contributed by atoms with Crippen molar-refractivity contribution in [3.63, 3.8) is 0 Å². The first-order valence-corrected chi connectivity index (χ1v) is 7.25. The van der Waals surface area contributed by atoms with Gasteiger partial charge in [0.25, 0.3) is 5.69 Å². The maximum absolute atomic E-state index is 13.7. The number of aromatic nitrogens is 2. The molecule has 0 aliphatic carbocycles. The molecule has 2 aromatic carbocycles. The van der Waals surface area contributed by atoms with E-state index >= 15 is 0 Å². The highest BCUT2D eigenvalue weighted by Crippen LogP contribution is 2.14. The lowest BCUT2D eigenvalue weighted by Crippen LogP contribution is -2.07. The molecule has 0 aliphatic rings. The lowest BCUT2D eigenvalue weighted by Gasteiger charge is -2.04. The number of para-hydroxylation sites is 1. The first kappa shape index (κ1) is 16.3. The highest BCUT2D eigenvalue weighted by atomic mass is 19.1. The Bertz CT molecular complexity index is 922. The second kappa shape index (κ2) is 6.91. The van der Waals surface area contributed by atoms with Gasteiger partial charge in [0.1, 0.15) is 18.1 Å². The molecule has 0 bridgehead atoms. The van der Waals surface area contributed by atoms with E-state index in [0.29, 0.717) is 5.56 Å². The van der Waals surface area contributed by atoms with E-state index < -0.39 is 16.7 Å². The van der Waals surface area contributed by atoms with Crippen LogP contribution in [0.3, 0.4) is 0 Å². The summed E-state index contributed by atoms with van der Waals surface area (Å²) in [5, 5.41) is 14.6. The van der Waals surface area contributed by atoms with Gasteiger partial charge in [-0.05, 0) is 35.9 Å². The van der Waals surface area contributed by atoms with Gasteiger partial charge >= 0.3 is 5.97 Å². The normalized spacial score (nSPS) is 10.4. The lowest BCUT2D eigenvalue weighted by molar-refractivity contribution is -0.384. The molecule has 0 fully saturated rings. The number of esters is 1. The average Bonchev–Trinajstić information content (AvgIpc) is 3.10. The minimum Gasteiger partial charge on any atom is -0.456 e.